The summed E-state index contributed by atoms with van der Waals surface area (Å²) >= 11 is 0. The van der Waals surface area contributed by atoms with E-state index < -0.39 is 17.9 Å². The number of rotatable bonds is 3. The number of aromatic nitrogens is 2. The second-order valence-electron chi connectivity index (χ2n) is 5.58. The molecule has 1 aromatic carbocycles. The Bertz CT molecular complexity index is 746. The maximum Gasteiger partial charge on any atom is 0.356 e. The van der Waals surface area contributed by atoms with Crippen LogP contribution in [0.1, 0.15) is 28.2 Å². The van der Waals surface area contributed by atoms with E-state index in [2.05, 4.69) is 4.98 Å². The van der Waals surface area contributed by atoms with Gasteiger partial charge in [-0.05, 0) is 13.3 Å². The third-order valence-electron chi connectivity index (χ3n) is 4.08. The number of carboxylic acid groups (broad SMARTS) is 2. The molecule has 1 aliphatic heterocycles. The Morgan fingerprint density at radius 3 is 2.50 bits per heavy atom. The lowest BCUT2D eigenvalue weighted by Gasteiger charge is -2.22. The summed E-state index contributed by atoms with van der Waals surface area (Å²) < 4.78 is 1.84. The molecule has 0 fully saturated rings. The smallest absolute Gasteiger partial charge is 0.356 e. The summed E-state index contributed by atoms with van der Waals surface area (Å²) in [6.45, 7) is 2.45. The minimum absolute atomic E-state index is 0.0403. The Morgan fingerprint density at radius 2 is 1.91 bits per heavy atom. The lowest BCUT2D eigenvalue weighted by molar-refractivity contribution is -0.142. The van der Waals surface area contributed by atoms with Crippen LogP contribution in [0.25, 0.3) is 11.4 Å². The summed E-state index contributed by atoms with van der Waals surface area (Å²) in [5, 5.41) is 18.5. The number of hydrogen-bond donors (Lipinski definition) is 2. The maximum atomic E-state index is 11.4. The molecule has 0 bridgehead atoms. The van der Waals surface area contributed by atoms with Gasteiger partial charge in [0.2, 0.25) is 0 Å². The van der Waals surface area contributed by atoms with E-state index in [-0.39, 0.29) is 12.1 Å². The summed E-state index contributed by atoms with van der Waals surface area (Å²) in [5.74, 6) is -1.96. The van der Waals surface area contributed by atoms with E-state index in [1.807, 2.05) is 35.8 Å². The quantitative estimate of drug-likeness (QED) is 0.906. The third kappa shape index (κ3) is 2.36. The molecule has 0 saturated carbocycles. The Morgan fingerprint density at radius 1 is 1.23 bits per heavy atom. The van der Waals surface area contributed by atoms with Crippen molar-refractivity contribution >= 4 is 11.9 Å². The van der Waals surface area contributed by atoms with Crippen LogP contribution in [0.4, 0.5) is 0 Å². The molecule has 1 aromatic heterocycles. The monoisotopic (exact) mass is 300 g/mol. The van der Waals surface area contributed by atoms with E-state index in [0.29, 0.717) is 24.5 Å². The summed E-state index contributed by atoms with van der Waals surface area (Å²) in [6.07, 6.45) is 0.687. The lowest BCUT2D eigenvalue weighted by Crippen LogP contribution is -2.26. The van der Waals surface area contributed by atoms with Gasteiger partial charge in [-0.1, -0.05) is 29.8 Å². The molecule has 0 aliphatic carbocycles. The third-order valence-corrected chi connectivity index (χ3v) is 4.08. The number of carbonyl (C=O) groups is 2. The average molecular weight is 300 g/mol. The fraction of sp³-hybridized carbons (Fsp3) is 0.312. The van der Waals surface area contributed by atoms with E-state index in [0.717, 1.165) is 11.1 Å². The van der Waals surface area contributed by atoms with Crippen molar-refractivity contribution in [1.29, 1.82) is 0 Å². The highest BCUT2D eigenvalue weighted by molar-refractivity contribution is 5.88. The van der Waals surface area contributed by atoms with Crippen molar-refractivity contribution < 1.29 is 19.8 Å². The number of carboxylic acids is 2. The molecule has 114 valence electrons. The van der Waals surface area contributed by atoms with Crippen LogP contribution in [0.15, 0.2) is 24.3 Å². The van der Waals surface area contributed by atoms with Crippen LogP contribution in [-0.4, -0.2) is 31.7 Å². The van der Waals surface area contributed by atoms with Gasteiger partial charge >= 0.3 is 11.9 Å². The van der Waals surface area contributed by atoms with Gasteiger partial charge in [0.05, 0.1) is 11.6 Å². The summed E-state index contributed by atoms with van der Waals surface area (Å²) in [5.41, 5.74) is 2.41. The standard InChI is InChI=1S/C16H16N2O4/c1-9-2-4-10(5-3-9)14-17-13(16(21)22)12-8-11(15(19)20)6-7-18(12)14/h2-5,11H,6-8H2,1H3,(H,19,20)(H,21,22). The molecule has 6 nitrogen and oxygen atoms in total. The Kier molecular flexibility index (Phi) is 3.44. The largest absolute Gasteiger partial charge is 0.481 e. The minimum Gasteiger partial charge on any atom is -0.481 e. The molecular weight excluding hydrogens is 284 g/mol. The van der Waals surface area contributed by atoms with Crippen LogP contribution < -0.4 is 0 Å². The molecule has 0 amide bonds. The van der Waals surface area contributed by atoms with Crippen molar-refractivity contribution in [2.45, 2.75) is 26.3 Å². The first-order chi connectivity index (χ1) is 10.5. The molecule has 0 radical (unpaired) electrons. The molecule has 2 N–H and O–H groups in total. The predicted molar refractivity (Wildman–Crippen MR) is 78.8 cm³/mol. The van der Waals surface area contributed by atoms with Crippen LogP contribution in [0.3, 0.4) is 0 Å². The number of aliphatic carboxylic acids is 1. The molecule has 0 spiro atoms. The first kappa shape index (κ1) is 14.3. The average Bonchev–Trinajstić information content (AvgIpc) is 2.87. The molecule has 6 heteroatoms. The van der Waals surface area contributed by atoms with Gasteiger partial charge in [-0.15, -0.1) is 0 Å². The van der Waals surface area contributed by atoms with Crippen LogP contribution in [-0.2, 0) is 17.8 Å². The van der Waals surface area contributed by atoms with Crippen molar-refractivity contribution in [3.63, 3.8) is 0 Å². The Balaban J connectivity index is 2.10. The zero-order valence-electron chi connectivity index (χ0n) is 12.1. The summed E-state index contributed by atoms with van der Waals surface area (Å²) in [7, 11) is 0. The molecule has 0 saturated heterocycles. The van der Waals surface area contributed by atoms with Gasteiger partial charge in [-0.25, -0.2) is 9.78 Å². The molecule has 2 aromatic rings. The van der Waals surface area contributed by atoms with Crippen molar-refractivity contribution in [2.24, 2.45) is 5.92 Å². The number of imidazole rings is 1. The normalized spacial score (nSPS) is 17.0. The van der Waals surface area contributed by atoms with Gasteiger partial charge in [0, 0.05) is 18.5 Å². The fourth-order valence-electron chi connectivity index (χ4n) is 2.86. The summed E-state index contributed by atoms with van der Waals surface area (Å²) in [6, 6.07) is 7.69. The molecule has 3 rings (SSSR count). The van der Waals surface area contributed by atoms with Crippen LogP contribution in [0.2, 0.25) is 0 Å². The van der Waals surface area contributed by atoms with Crippen molar-refractivity contribution in [1.82, 2.24) is 9.55 Å². The second-order valence-corrected chi connectivity index (χ2v) is 5.58. The van der Waals surface area contributed by atoms with Gasteiger partial charge in [-0.2, -0.15) is 0 Å². The van der Waals surface area contributed by atoms with Crippen molar-refractivity contribution in [3.8, 4) is 11.4 Å². The first-order valence-electron chi connectivity index (χ1n) is 7.10. The molecular formula is C16H16N2O4. The number of aryl methyl sites for hydroxylation is 1. The number of hydrogen-bond acceptors (Lipinski definition) is 3. The minimum atomic E-state index is -1.12. The molecule has 1 aliphatic rings. The van der Waals surface area contributed by atoms with Gasteiger partial charge < -0.3 is 14.8 Å². The Labute approximate surface area is 127 Å². The Hall–Kier alpha value is -2.63. The zero-order chi connectivity index (χ0) is 15.9. The van der Waals surface area contributed by atoms with E-state index in [4.69, 9.17) is 0 Å². The topological polar surface area (TPSA) is 92.4 Å². The number of nitrogens with zero attached hydrogens (tertiary/aromatic N) is 2. The predicted octanol–water partition coefficient (Wildman–Crippen LogP) is 2.20. The van der Waals surface area contributed by atoms with Gasteiger partial charge in [0.25, 0.3) is 0 Å². The lowest BCUT2D eigenvalue weighted by atomic mass is 9.95. The van der Waals surface area contributed by atoms with E-state index in [1.54, 1.807) is 0 Å². The highest BCUT2D eigenvalue weighted by atomic mass is 16.4. The number of fused-ring (bicyclic) bond motifs is 1. The highest BCUT2D eigenvalue weighted by Gasteiger charge is 2.31. The van der Waals surface area contributed by atoms with Gasteiger partial charge in [0.15, 0.2) is 5.69 Å². The summed E-state index contributed by atoms with van der Waals surface area (Å²) in [4.78, 5) is 26.9. The van der Waals surface area contributed by atoms with Gasteiger partial charge in [0.1, 0.15) is 5.82 Å². The fourth-order valence-corrected chi connectivity index (χ4v) is 2.86. The second kappa shape index (κ2) is 5.29. The number of benzene rings is 1. The SMILES string of the molecule is Cc1ccc(-c2nc(C(=O)O)c3n2CCC(C(=O)O)C3)cc1. The van der Waals surface area contributed by atoms with Crippen molar-refractivity contribution in [3.05, 3.63) is 41.2 Å². The van der Waals surface area contributed by atoms with E-state index in [9.17, 15) is 19.8 Å². The maximum absolute atomic E-state index is 11.4. The van der Waals surface area contributed by atoms with E-state index >= 15 is 0 Å². The van der Waals surface area contributed by atoms with Crippen LogP contribution in [0, 0.1) is 12.8 Å². The molecule has 1 atom stereocenters. The van der Waals surface area contributed by atoms with Crippen molar-refractivity contribution in [2.75, 3.05) is 0 Å². The molecule has 1 unspecified atom stereocenters. The molecule has 22 heavy (non-hydrogen) atoms. The molecule has 2 heterocycles. The van der Waals surface area contributed by atoms with Crippen LogP contribution >= 0.6 is 0 Å². The first-order valence-corrected chi connectivity index (χ1v) is 7.10. The zero-order valence-corrected chi connectivity index (χ0v) is 12.1. The van der Waals surface area contributed by atoms with E-state index in [1.165, 1.54) is 0 Å². The highest BCUT2D eigenvalue weighted by Crippen LogP contribution is 2.30. The van der Waals surface area contributed by atoms with Crippen LogP contribution in [0.5, 0.6) is 0 Å². The number of aromatic carboxylic acids is 1. The van der Waals surface area contributed by atoms with Gasteiger partial charge in [-0.3, -0.25) is 4.79 Å².